The second-order valence-corrected chi connectivity index (χ2v) is 3.27. The van der Waals surface area contributed by atoms with Gasteiger partial charge in [-0.25, -0.2) is 4.39 Å². The Kier molecular flexibility index (Phi) is 4.15. The second kappa shape index (κ2) is 5.41. The summed E-state index contributed by atoms with van der Waals surface area (Å²) in [5.74, 6) is 2.56. The summed E-state index contributed by atoms with van der Waals surface area (Å²) < 4.78 is 12.0. The summed E-state index contributed by atoms with van der Waals surface area (Å²) in [6.45, 7) is 0.921. The van der Waals surface area contributed by atoms with Crippen molar-refractivity contribution in [2.75, 3.05) is 20.3 Å². The number of benzene rings is 1. The van der Waals surface area contributed by atoms with Crippen molar-refractivity contribution in [1.29, 1.82) is 0 Å². The topological polar surface area (TPSA) is 3.24 Å². The van der Waals surface area contributed by atoms with Gasteiger partial charge in [0.05, 0.1) is 0 Å². The van der Waals surface area contributed by atoms with Crippen molar-refractivity contribution < 1.29 is 4.39 Å². The summed E-state index contributed by atoms with van der Waals surface area (Å²) in [6.07, 6.45) is 5.24. The highest BCUT2D eigenvalue weighted by Gasteiger charge is 1.99. The number of hydrogen-bond acceptors (Lipinski definition) is 1. The van der Waals surface area contributed by atoms with Crippen LogP contribution in [0.15, 0.2) is 24.3 Å². The molecule has 74 valence electrons. The van der Waals surface area contributed by atoms with Crippen molar-refractivity contribution >= 4 is 0 Å². The highest BCUT2D eigenvalue weighted by Crippen LogP contribution is 2.05. The van der Waals surface area contributed by atoms with E-state index < -0.39 is 0 Å². The Morgan fingerprint density at radius 1 is 1.36 bits per heavy atom. The molecule has 0 unspecified atom stereocenters. The first-order valence-corrected chi connectivity index (χ1v) is 4.56. The third-order valence-corrected chi connectivity index (χ3v) is 2.04. The first-order chi connectivity index (χ1) is 6.76. The van der Waals surface area contributed by atoms with Gasteiger partial charge in [-0.15, -0.1) is 6.42 Å². The molecule has 1 aromatic carbocycles. The van der Waals surface area contributed by atoms with E-state index in [1.165, 1.54) is 0 Å². The number of alkyl halides is 1. The zero-order chi connectivity index (χ0) is 10.4. The highest BCUT2D eigenvalue weighted by molar-refractivity contribution is 5.34. The molecule has 1 rings (SSSR count). The highest BCUT2D eigenvalue weighted by atomic mass is 19.1. The summed E-state index contributed by atoms with van der Waals surface area (Å²) in [5.41, 5.74) is 2.03. The fraction of sp³-hybridized carbons (Fsp3) is 0.333. The van der Waals surface area contributed by atoms with E-state index in [0.29, 0.717) is 6.54 Å². The molecule has 0 spiro atoms. The molecule has 2 heteroatoms. The molecule has 14 heavy (non-hydrogen) atoms. The molecular formula is C12H14FN. The maximum Gasteiger partial charge on any atom is 0.102 e. The van der Waals surface area contributed by atoms with Gasteiger partial charge in [0.25, 0.3) is 0 Å². The number of halogens is 1. The summed E-state index contributed by atoms with van der Waals surface area (Å²) in [5, 5.41) is 0. The number of rotatable bonds is 4. The molecule has 0 saturated heterocycles. The van der Waals surface area contributed by atoms with Crippen LogP contribution in [0.2, 0.25) is 0 Å². The first-order valence-electron chi connectivity index (χ1n) is 4.56. The van der Waals surface area contributed by atoms with Gasteiger partial charge < -0.3 is 0 Å². The Labute approximate surface area is 84.5 Å². The van der Waals surface area contributed by atoms with Crippen LogP contribution < -0.4 is 0 Å². The van der Waals surface area contributed by atoms with Crippen LogP contribution in [-0.4, -0.2) is 25.2 Å². The molecule has 0 radical (unpaired) electrons. The van der Waals surface area contributed by atoms with Crippen LogP contribution in [0, 0.1) is 12.3 Å². The predicted octanol–water partition coefficient (Wildman–Crippen LogP) is 2.07. The van der Waals surface area contributed by atoms with Crippen LogP contribution in [0.25, 0.3) is 0 Å². The molecular weight excluding hydrogens is 177 g/mol. The average molecular weight is 191 g/mol. The van der Waals surface area contributed by atoms with E-state index in [9.17, 15) is 4.39 Å². The van der Waals surface area contributed by atoms with Crippen molar-refractivity contribution in [3.8, 4) is 12.3 Å². The molecule has 1 nitrogen and oxygen atoms in total. The Balaban J connectivity index is 2.56. The van der Waals surface area contributed by atoms with Crippen molar-refractivity contribution in [3.05, 3.63) is 35.4 Å². The molecule has 0 bridgehead atoms. The lowest BCUT2D eigenvalue weighted by atomic mass is 10.1. The third kappa shape index (κ3) is 3.20. The van der Waals surface area contributed by atoms with Gasteiger partial charge >= 0.3 is 0 Å². The third-order valence-electron chi connectivity index (χ3n) is 2.04. The zero-order valence-corrected chi connectivity index (χ0v) is 8.33. The van der Waals surface area contributed by atoms with Gasteiger partial charge in [-0.1, -0.05) is 18.1 Å². The van der Waals surface area contributed by atoms with E-state index in [1.54, 1.807) is 0 Å². The van der Waals surface area contributed by atoms with Crippen LogP contribution in [-0.2, 0) is 6.54 Å². The van der Waals surface area contributed by atoms with Gasteiger partial charge in [0.1, 0.15) is 6.67 Å². The predicted molar refractivity (Wildman–Crippen MR) is 56.7 cm³/mol. The van der Waals surface area contributed by atoms with Crippen LogP contribution in [0.1, 0.15) is 11.1 Å². The first kappa shape index (κ1) is 10.7. The maximum absolute atomic E-state index is 12.0. The van der Waals surface area contributed by atoms with Crippen molar-refractivity contribution in [1.82, 2.24) is 4.90 Å². The Morgan fingerprint density at radius 3 is 2.50 bits per heavy atom. The van der Waals surface area contributed by atoms with Gasteiger partial charge in [-0.3, -0.25) is 4.90 Å². The number of terminal acetylenes is 1. The van der Waals surface area contributed by atoms with E-state index in [-0.39, 0.29) is 6.67 Å². The minimum absolute atomic E-state index is 0.307. The lowest BCUT2D eigenvalue weighted by Crippen LogP contribution is -2.20. The van der Waals surface area contributed by atoms with Gasteiger partial charge in [0.2, 0.25) is 0 Å². The Morgan fingerprint density at radius 2 is 2.00 bits per heavy atom. The molecule has 0 heterocycles. The molecule has 0 N–H and O–H groups in total. The van der Waals surface area contributed by atoms with E-state index in [0.717, 1.165) is 17.7 Å². The standard InChI is InChI=1S/C12H14FN/c1-3-11-4-6-12(7-5-11)10-14(2)9-8-13/h1,4-7H,8-10H2,2H3. The molecule has 0 aromatic heterocycles. The molecule has 0 saturated carbocycles. The lowest BCUT2D eigenvalue weighted by Gasteiger charge is -2.14. The van der Waals surface area contributed by atoms with E-state index in [1.807, 2.05) is 36.2 Å². The monoisotopic (exact) mass is 191 g/mol. The van der Waals surface area contributed by atoms with Crippen molar-refractivity contribution in [2.45, 2.75) is 6.54 Å². The van der Waals surface area contributed by atoms with E-state index in [2.05, 4.69) is 5.92 Å². The minimum Gasteiger partial charge on any atom is -0.300 e. The SMILES string of the molecule is C#Cc1ccc(CN(C)CCF)cc1. The second-order valence-electron chi connectivity index (χ2n) is 3.27. The van der Waals surface area contributed by atoms with Crippen LogP contribution in [0.3, 0.4) is 0 Å². The normalized spacial score (nSPS) is 10.1. The van der Waals surface area contributed by atoms with Crippen molar-refractivity contribution in [3.63, 3.8) is 0 Å². The molecule has 1 aromatic rings. The summed E-state index contributed by atoms with van der Waals surface area (Å²) in [6, 6.07) is 7.76. The quantitative estimate of drug-likeness (QED) is 0.658. The summed E-state index contributed by atoms with van der Waals surface area (Å²) in [7, 11) is 1.90. The Hall–Kier alpha value is -1.33. The summed E-state index contributed by atoms with van der Waals surface area (Å²) >= 11 is 0. The zero-order valence-electron chi connectivity index (χ0n) is 8.33. The Bertz CT molecular complexity index is 310. The largest absolute Gasteiger partial charge is 0.300 e. The number of nitrogens with zero attached hydrogens (tertiary/aromatic N) is 1. The molecule has 0 amide bonds. The van der Waals surface area contributed by atoms with Crippen molar-refractivity contribution in [2.24, 2.45) is 0 Å². The number of hydrogen-bond donors (Lipinski definition) is 0. The average Bonchev–Trinajstić information content (AvgIpc) is 2.19. The molecule has 0 atom stereocenters. The fourth-order valence-corrected chi connectivity index (χ4v) is 1.24. The molecule has 0 aliphatic heterocycles. The smallest absolute Gasteiger partial charge is 0.102 e. The van der Waals surface area contributed by atoms with Crippen LogP contribution in [0.4, 0.5) is 4.39 Å². The molecule has 0 fully saturated rings. The lowest BCUT2D eigenvalue weighted by molar-refractivity contribution is 0.289. The van der Waals surface area contributed by atoms with Gasteiger partial charge in [-0.2, -0.15) is 0 Å². The van der Waals surface area contributed by atoms with E-state index in [4.69, 9.17) is 6.42 Å². The summed E-state index contributed by atoms with van der Waals surface area (Å²) in [4.78, 5) is 1.94. The fourth-order valence-electron chi connectivity index (χ4n) is 1.24. The van der Waals surface area contributed by atoms with Gasteiger partial charge in [0, 0.05) is 18.7 Å². The van der Waals surface area contributed by atoms with Gasteiger partial charge in [0.15, 0.2) is 0 Å². The minimum atomic E-state index is -0.307. The molecule has 0 aliphatic carbocycles. The van der Waals surface area contributed by atoms with Crippen LogP contribution >= 0.6 is 0 Å². The van der Waals surface area contributed by atoms with Gasteiger partial charge in [-0.05, 0) is 24.7 Å². The van der Waals surface area contributed by atoms with E-state index >= 15 is 0 Å². The maximum atomic E-state index is 12.0. The molecule has 0 aliphatic rings. The van der Waals surface area contributed by atoms with Crippen LogP contribution in [0.5, 0.6) is 0 Å².